The van der Waals surface area contributed by atoms with Crippen LogP contribution in [0.2, 0.25) is 0 Å². The predicted octanol–water partition coefficient (Wildman–Crippen LogP) is 3.04. The monoisotopic (exact) mass is 282 g/mol. The summed E-state index contributed by atoms with van der Waals surface area (Å²) in [6.07, 6.45) is 3.84. The molecule has 0 N–H and O–H groups in total. The molecule has 20 heavy (non-hydrogen) atoms. The fraction of sp³-hybridized carbons (Fsp3) is 0.941. The normalized spacial score (nSPS) is 20.1. The molecule has 1 fully saturated rings. The van der Waals surface area contributed by atoms with Crippen molar-refractivity contribution in [1.29, 1.82) is 0 Å². The Labute approximate surface area is 125 Å². The van der Waals surface area contributed by atoms with Gasteiger partial charge in [-0.1, -0.05) is 13.8 Å². The Morgan fingerprint density at radius 1 is 1.15 bits per heavy atom. The Kier molecular flexibility index (Phi) is 6.67. The van der Waals surface area contributed by atoms with E-state index in [1.165, 1.54) is 0 Å². The molecule has 0 aromatic carbocycles. The fourth-order valence-electron chi connectivity index (χ4n) is 3.28. The average molecular weight is 282 g/mol. The molecule has 1 saturated heterocycles. The van der Waals surface area contributed by atoms with Crippen molar-refractivity contribution in [1.82, 2.24) is 9.80 Å². The smallest absolute Gasteiger partial charge is 0.140 e. The molecule has 118 valence electrons. The second-order valence-electron chi connectivity index (χ2n) is 7.50. The topological polar surface area (TPSA) is 23.6 Å². The molecule has 0 radical (unpaired) electrons. The molecular formula is C17H34N2O. The van der Waals surface area contributed by atoms with E-state index in [2.05, 4.69) is 51.6 Å². The molecule has 0 bridgehead atoms. The fourth-order valence-corrected chi connectivity index (χ4v) is 3.28. The third-order valence-electron chi connectivity index (χ3n) is 4.64. The van der Waals surface area contributed by atoms with E-state index in [0.29, 0.717) is 17.7 Å². The van der Waals surface area contributed by atoms with Gasteiger partial charge in [-0.15, -0.1) is 0 Å². The van der Waals surface area contributed by atoms with Gasteiger partial charge in [0, 0.05) is 24.4 Å². The molecule has 0 atom stereocenters. The SMILES string of the molecule is CC(C)CCC(=O)C1(CN(C)C)CCN(C(C)C)CC1. The Morgan fingerprint density at radius 3 is 2.10 bits per heavy atom. The van der Waals surface area contributed by atoms with Crippen molar-refractivity contribution in [2.45, 2.75) is 59.4 Å². The van der Waals surface area contributed by atoms with Gasteiger partial charge in [0.2, 0.25) is 0 Å². The summed E-state index contributed by atoms with van der Waals surface area (Å²) in [6, 6.07) is 0.595. The summed E-state index contributed by atoms with van der Waals surface area (Å²) >= 11 is 0. The lowest BCUT2D eigenvalue weighted by atomic mass is 9.72. The number of piperidine rings is 1. The van der Waals surface area contributed by atoms with Gasteiger partial charge in [-0.05, 0) is 66.2 Å². The van der Waals surface area contributed by atoms with Gasteiger partial charge in [-0.2, -0.15) is 0 Å². The van der Waals surface area contributed by atoms with Gasteiger partial charge >= 0.3 is 0 Å². The number of carbonyl (C=O) groups is 1. The van der Waals surface area contributed by atoms with Gasteiger partial charge in [-0.3, -0.25) is 4.79 Å². The van der Waals surface area contributed by atoms with Crippen LogP contribution in [0.15, 0.2) is 0 Å². The highest BCUT2D eigenvalue weighted by atomic mass is 16.1. The number of ketones is 1. The van der Waals surface area contributed by atoms with Gasteiger partial charge in [0.1, 0.15) is 5.78 Å². The maximum absolute atomic E-state index is 12.8. The molecule has 1 aliphatic heterocycles. The average Bonchev–Trinajstić information content (AvgIpc) is 2.35. The number of rotatable bonds is 7. The van der Waals surface area contributed by atoms with Crippen molar-refractivity contribution in [3.63, 3.8) is 0 Å². The molecule has 0 aromatic heterocycles. The highest BCUT2D eigenvalue weighted by Gasteiger charge is 2.41. The highest BCUT2D eigenvalue weighted by Crippen LogP contribution is 2.35. The van der Waals surface area contributed by atoms with Crippen LogP contribution in [0.1, 0.15) is 53.4 Å². The Balaban J connectivity index is 2.71. The molecule has 0 unspecified atom stereocenters. The van der Waals surface area contributed by atoms with Crippen LogP contribution >= 0.6 is 0 Å². The van der Waals surface area contributed by atoms with E-state index in [-0.39, 0.29) is 5.41 Å². The summed E-state index contributed by atoms with van der Waals surface area (Å²) in [4.78, 5) is 17.5. The maximum Gasteiger partial charge on any atom is 0.140 e. The van der Waals surface area contributed by atoms with Crippen molar-refractivity contribution in [2.75, 3.05) is 33.7 Å². The first kappa shape index (κ1) is 17.6. The molecule has 1 heterocycles. The molecule has 0 amide bonds. The highest BCUT2D eigenvalue weighted by molar-refractivity contribution is 5.85. The van der Waals surface area contributed by atoms with Gasteiger partial charge in [0.05, 0.1) is 0 Å². The van der Waals surface area contributed by atoms with Crippen molar-refractivity contribution in [3.05, 3.63) is 0 Å². The largest absolute Gasteiger partial charge is 0.308 e. The lowest BCUT2D eigenvalue weighted by molar-refractivity contribution is -0.133. The van der Waals surface area contributed by atoms with Crippen LogP contribution in [0, 0.1) is 11.3 Å². The molecule has 1 aliphatic rings. The zero-order valence-corrected chi connectivity index (χ0v) is 14.4. The van der Waals surface area contributed by atoms with Gasteiger partial charge in [0.25, 0.3) is 0 Å². The van der Waals surface area contributed by atoms with Gasteiger partial charge < -0.3 is 9.80 Å². The second-order valence-corrected chi connectivity index (χ2v) is 7.50. The van der Waals surface area contributed by atoms with Crippen LogP contribution in [-0.4, -0.2) is 55.4 Å². The van der Waals surface area contributed by atoms with Crippen molar-refractivity contribution in [3.8, 4) is 0 Å². The zero-order valence-electron chi connectivity index (χ0n) is 14.4. The summed E-state index contributed by atoms with van der Waals surface area (Å²) in [5.74, 6) is 1.12. The first-order chi connectivity index (χ1) is 9.27. The van der Waals surface area contributed by atoms with Crippen molar-refractivity contribution >= 4 is 5.78 Å². The molecule has 3 heteroatoms. The summed E-state index contributed by atoms with van der Waals surface area (Å²) < 4.78 is 0. The Morgan fingerprint density at radius 2 is 1.70 bits per heavy atom. The predicted molar refractivity (Wildman–Crippen MR) is 86.0 cm³/mol. The van der Waals surface area contributed by atoms with E-state index in [1.54, 1.807) is 0 Å². The molecule has 1 rings (SSSR count). The minimum absolute atomic E-state index is 0.0935. The van der Waals surface area contributed by atoms with Crippen LogP contribution in [-0.2, 0) is 4.79 Å². The summed E-state index contributed by atoms with van der Waals surface area (Å²) in [7, 11) is 4.18. The Bertz CT molecular complexity index is 302. The summed E-state index contributed by atoms with van der Waals surface area (Å²) in [6.45, 7) is 12.0. The molecule has 0 aliphatic carbocycles. The third kappa shape index (κ3) is 4.85. The molecular weight excluding hydrogens is 248 g/mol. The zero-order chi connectivity index (χ0) is 15.3. The number of nitrogens with zero attached hydrogens (tertiary/aromatic N) is 2. The van der Waals surface area contributed by atoms with Crippen LogP contribution in [0.3, 0.4) is 0 Å². The quantitative estimate of drug-likeness (QED) is 0.717. The second kappa shape index (κ2) is 7.56. The van der Waals surface area contributed by atoms with Crippen molar-refractivity contribution < 1.29 is 4.79 Å². The third-order valence-corrected chi connectivity index (χ3v) is 4.64. The number of likely N-dealkylation sites (tertiary alicyclic amines) is 1. The summed E-state index contributed by atoms with van der Waals surface area (Å²) in [5, 5.41) is 0. The van der Waals surface area contributed by atoms with E-state index >= 15 is 0 Å². The lowest BCUT2D eigenvalue weighted by Crippen LogP contribution is -2.50. The first-order valence-electron chi connectivity index (χ1n) is 8.19. The number of carbonyl (C=O) groups excluding carboxylic acids is 1. The van der Waals surface area contributed by atoms with E-state index in [9.17, 15) is 4.79 Å². The molecule has 0 spiro atoms. The Hall–Kier alpha value is -0.410. The number of hydrogen-bond donors (Lipinski definition) is 0. The molecule has 0 saturated carbocycles. The van der Waals surface area contributed by atoms with E-state index in [4.69, 9.17) is 0 Å². The van der Waals surface area contributed by atoms with Gasteiger partial charge in [0.15, 0.2) is 0 Å². The van der Waals surface area contributed by atoms with Crippen LogP contribution in [0.25, 0.3) is 0 Å². The lowest BCUT2D eigenvalue weighted by Gasteiger charge is -2.43. The van der Waals surface area contributed by atoms with E-state index < -0.39 is 0 Å². The standard InChI is InChI=1S/C17H34N2O/c1-14(2)7-8-16(20)17(13-18(5)6)9-11-19(12-10-17)15(3)4/h14-15H,7-13H2,1-6H3. The van der Waals surface area contributed by atoms with E-state index in [1.807, 2.05) is 0 Å². The number of Topliss-reactive ketones (excluding diaryl/α,β-unsaturated/α-hetero) is 1. The minimum atomic E-state index is -0.0935. The number of hydrogen-bond acceptors (Lipinski definition) is 3. The molecule has 0 aromatic rings. The molecule has 3 nitrogen and oxygen atoms in total. The van der Waals surface area contributed by atoms with Gasteiger partial charge in [-0.25, -0.2) is 0 Å². The van der Waals surface area contributed by atoms with Crippen LogP contribution < -0.4 is 0 Å². The van der Waals surface area contributed by atoms with Crippen molar-refractivity contribution in [2.24, 2.45) is 11.3 Å². The summed E-state index contributed by atoms with van der Waals surface area (Å²) in [5.41, 5.74) is -0.0935. The minimum Gasteiger partial charge on any atom is -0.308 e. The van der Waals surface area contributed by atoms with E-state index in [0.717, 1.165) is 45.3 Å². The first-order valence-corrected chi connectivity index (χ1v) is 8.19. The maximum atomic E-state index is 12.8. The van der Waals surface area contributed by atoms with Crippen LogP contribution in [0.4, 0.5) is 0 Å². The van der Waals surface area contributed by atoms with Crippen LogP contribution in [0.5, 0.6) is 0 Å².